The van der Waals surface area contributed by atoms with Gasteiger partial charge in [0.2, 0.25) is 6.10 Å². The fourth-order valence-electron chi connectivity index (χ4n) is 2.27. The minimum absolute atomic E-state index is 0.307. The molecular formula is C20H20BrNO4. The summed E-state index contributed by atoms with van der Waals surface area (Å²) in [5.74, 6) is -0.296. The highest BCUT2D eigenvalue weighted by Gasteiger charge is 2.25. The molecule has 26 heavy (non-hydrogen) atoms. The molecule has 0 unspecified atom stereocenters. The van der Waals surface area contributed by atoms with Crippen LogP contribution < -0.4 is 4.74 Å². The summed E-state index contributed by atoms with van der Waals surface area (Å²) >= 11 is 3.38. The zero-order valence-corrected chi connectivity index (χ0v) is 16.4. The van der Waals surface area contributed by atoms with Crippen molar-refractivity contribution in [2.75, 3.05) is 21.2 Å². The lowest BCUT2D eigenvalue weighted by Gasteiger charge is -2.20. The van der Waals surface area contributed by atoms with E-state index in [1.165, 1.54) is 11.0 Å². The monoisotopic (exact) mass is 417 g/mol. The van der Waals surface area contributed by atoms with E-state index in [0.717, 1.165) is 4.47 Å². The van der Waals surface area contributed by atoms with Gasteiger partial charge < -0.3 is 14.4 Å². The van der Waals surface area contributed by atoms with Crippen molar-refractivity contribution in [1.82, 2.24) is 4.90 Å². The summed E-state index contributed by atoms with van der Waals surface area (Å²) in [7, 11) is 4.79. The maximum atomic E-state index is 12.4. The minimum Gasteiger partial charge on any atom is -0.496 e. The molecule has 0 radical (unpaired) electrons. The second-order valence-electron chi connectivity index (χ2n) is 5.68. The third kappa shape index (κ3) is 5.20. The molecule has 0 aromatic heterocycles. The first kappa shape index (κ1) is 19.7. The van der Waals surface area contributed by atoms with Crippen molar-refractivity contribution < 1.29 is 19.1 Å². The van der Waals surface area contributed by atoms with E-state index in [1.807, 2.05) is 18.2 Å². The van der Waals surface area contributed by atoms with E-state index >= 15 is 0 Å². The van der Waals surface area contributed by atoms with E-state index in [1.54, 1.807) is 57.6 Å². The Morgan fingerprint density at radius 2 is 1.81 bits per heavy atom. The summed E-state index contributed by atoms with van der Waals surface area (Å²) in [6, 6.07) is 14.4. The number of rotatable bonds is 6. The van der Waals surface area contributed by atoms with Gasteiger partial charge in [0.1, 0.15) is 5.75 Å². The van der Waals surface area contributed by atoms with Crippen LogP contribution in [0.15, 0.2) is 59.1 Å². The van der Waals surface area contributed by atoms with Gasteiger partial charge in [-0.05, 0) is 24.3 Å². The zero-order chi connectivity index (χ0) is 19.1. The molecule has 0 saturated heterocycles. The number of hydrogen-bond donors (Lipinski definition) is 0. The number of likely N-dealkylation sites (N-methyl/N-ethyl adjacent to an activating group) is 1. The molecule has 0 fully saturated rings. The van der Waals surface area contributed by atoms with Crippen LogP contribution in [0.1, 0.15) is 17.2 Å². The minimum atomic E-state index is -0.993. The van der Waals surface area contributed by atoms with Crippen molar-refractivity contribution in [1.29, 1.82) is 0 Å². The van der Waals surface area contributed by atoms with Gasteiger partial charge in [-0.1, -0.05) is 46.3 Å². The van der Waals surface area contributed by atoms with E-state index in [0.29, 0.717) is 16.9 Å². The predicted molar refractivity (Wildman–Crippen MR) is 104 cm³/mol. The largest absolute Gasteiger partial charge is 0.496 e. The molecule has 0 aliphatic carbocycles. The molecular weight excluding hydrogens is 398 g/mol. The number of carbonyl (C=O) groups excluding carboxylic acids is 2. The lowest BCUT2D eigenvalue weighted by atomic mass is 10.1. The third-order valence-corrected chi connectivity index (χ3v) is 4.09. The standard InChI is InChI=1S/C20H20BrNO4/c1-22(2)20(24)19(14-7-5-4-6-8-14)26-18(23)12-9-15-13-16(21)10-11-17(15)25-3/h4-13,19H,1-3H3/b12-9+/t19-/m1/s1. The maximum Gasteiger partial charge on any atom is 0.331 e. The van der Waals surface area contributed by atoms with Gasteiger partial charge in [-0.2, -0.15) is 0 Å². The van der Waals surface area contributed by atoms with Crippen LogP contribution in [0.5, 0.6) is 5.75 Å². The number of nitrogens with zero attached hydrogens (tertiary/aromatic N) is 1. The molecule has 0 bridgehead atoms. The van der Waals surface area contributed by atoms with Gasteiger partial charge in [-0.25, -0.2) is 4.79 Å². The second-order valence-corrected chi connectivity index (χ2v) is 6.60. The number of esters is 1. The number of halogens is 1. The maximum absolute atomic E-state index is 12.4. The molecule has 0 saturated carbocycles. The van der Waals surface area contributed by atoms with Crippen LogP contribution in [0, 0.1) is 0 Å². The molecule has 0 N–H and O–H groups in total. The van der Waals surface area contributed by atoms with Crippen molar-refractivity contribution in [3.05, 3.63) is 70.2 Å². The van der Waals surface area contributed by atoms with Gasteiger partial charge in [0, 0.05) is 35.8 Å². The molecule has 2 aromatic carbocycles. The van der Waals surface area contributed by atoms with Gasteiger partial charge in [0.25, 0.3) is 5.91 Å². The Morgan fingerprint density at radius 1 is 1.12 bits per heavy atom. The van der Waals surface area contributed by atoms with Crippen LogP contribution in [0.4, 0.5) is 0 Å². The average molecular weight is 418 g/mol. The third-order valence-electron chi connectivity index (χ3n) is 3.59. The van der Waals surface area contributed by atoms with Crippen molar-refractivity contribution in [3.8, 4) is 5.75 Å². The van der Waals surface area contributed by atoms with Crippen LogP contribution in [0.25, 0.3) is 6.08 Å². The summed E-state index contributed by atoms with van der Waals surface area (Å²) in [6.07, 6.45) is 1.88. The molecule has 2 aromatic rings. The first-order chi connectivity index (χ1) is 12.4. The van der Waals surface area contributed by atoms with E-state index in [9.17, 15) is 9.59 Å². The SMILES string of the molecule is COc1ccc(Br)cc1/C=C/C(=O)O[C@@H](C(=O)N(C)C)c1ccccc1. The lowest BCUT2D eigenvalue weighted by molar-refractivity contribution is -0.155. The topological polar surface area (TPSA) is 55.8 Å². The quantitative estimate of drug-likeness (QED) is 0.529. The number of benzene rings is 2. The van der Waals surface area contributed by atoms with Crippen LogP contribution >= 0.6 is 15.9 Å². The molecule has 1 amide bonds. The summed E-state index contributed by atoms with van der Waals surface area (Å²) < 4.78 is 11.5. The van der Waals surface area contributed by atoms with Crippen molar-refractivity contribution in [2.24, 2.45) is 0 Å². The number of carbonyl (C=O) groups is 2. The molecule has 0 aliphatic heterocycles. The Balaban J connectivity index is 2.20. The first-order valence-corrected chi connectivity index (χ1v) is 8.70. The van der Waals surface area contributed by atoms with E-state index in [4.69, 9.17) is 9.47 Å². The molecule has 0 heterocycles. The lowest BCUT2D eigenvalue weighted by Crippen LogP contribution is -2.30. The highest BCUT2D eigenvalue weighted by Crippen LogP contribution is 2.25. The Hall–Kier alpha value is -2.60. The molecule has 1 atom stereocenters. The van der Waals surface area contributed by atoms with Crippen molar-refractivity contribution >= 4 is 33.9 Å². The zero-order valence-electron chi connectivity index (χ0n) is 14.8. The number of ether oxygens (including phenoxy) is 2. The van der Waals surface area contributed by atoms with Crippen molar-refractivity contribution in [2.45, 2.75) is 6.10 Å². The molecule has 5 nitrogen and oxygen atoms in total. The molecule has 2 rings (SSSR count). The van der Waals surface area contributed by atoms with Gasteiger partial charge in [0.05, 0.1) is 7.11 Å². The Kier molecular flexibility index (Phi) is 6.97. The van der Waals surface area contributed by atoms with E-state index in [2.05, 4.69) is 15.9 Å². The second kappa shape index (κ2) is 9.20. The highest BCUT2D eigenvalue weighted by molar-refractivity contribution is 9.10. The van der Waals surface area contributed by atoms with E-state index in [-0.39, 0.29) is 5.91 Å². The first-order valence-electron chi connectivity index (χ1n) is 7.90. The summed E-state index contributed by atoms with van der Waals surface area (Å²) in [5.41, 5.74) is 1.34. The fourth-order valence-corrected chi connectivity index (χ4v) is 2.65. The van der Waals surface area contributed by atoms with Crippen LogP contribution in [0.3, 0.4) is 0 Å². The number of amides is 1. The number of methoxy groups -OCH3 is 1. The number of hydrogen-bond acceptors (Lipinski definition) is 4. The van der Waals surface area contributed by atoms with Gasteiger partial charge in [0.15, 0.2) is 0 Å². The smallest absolute Gasteiger partial charge is 0.331 e. The molecule has 136 valence electrons. The molecule has 0 spiro atoms. The Bertz CT molecular complexity index is 803. The molecule has 0 aliphatic rings. The molecule has 6 heteroatoms. The highest BCUT2D eigenvalue weighted by atomic mass is 79.9. The van der Waals surface area contributed by atoms with E-state index < -0.39 is 12.1 Å². The average Bonchev–Trinajstić information content (AvgIpc) is 2.64. The van der Waals surface area contributed by atoms with Crippen molar-refractivity contribution in [3.63, 3.8) is 0 Å². The van der Waals surface area contributed by atoms with Crippen LogP contribution in [-0.4, -0.2) is 38.0 Å². The normalized spacial score (nSPS) is 11.8. The summed E-state index contributed by atoms with van der Waals surface area (Å²) in [5, 5.41) is 0. The Labute approximate surface area is 161 Å². The Morgan fingerprint density at radius 3 is 2.42 bits per heavy atom. The van der Waals surface area contributed by atoms with Crippen LogP contribution in [-0.2, 0) is 14.3 Å². The fraction of sp³-hybridized carbons (Fsp3) is 0.200. The van der Waals surface area contributed by atoms with Gasteiger partial charge in [-0.15, -0.1) is 0 Å². The summed E-state index contributed by atoms with van der Waals surface area (Å²) in [6.45, 7) is 0. The van der Waals surface area contributed by atoms with Gasteiger partial charge in [-0.3, -0.25) is 4.79 Å². The van der Waals surface area contributed by atoms with Crippen LogP contribution in [0.2, 0.25) is 0 Å². The summed E-state index contributed by atoms with van der Waals surface area (Å²) in [4.78, 5) is 26.1. The van der Waals surface area contributed by atoms with Gasteiger partial charge >= 0.3 is 5.97 Å². The predicted octanol–water partition coefficient (Wildman–Crippen LogP) is 3.84.